The Morgan fingerprint density at radius 3 is 2.47 bits per heavy atom. The molecule has 0 unspecified atom stereocenters. The Bertz CT molecular complexity index is 1350. The lowest BCUT2D eigenvalue weighted by Gasteiger charge is -2.19. The Hall–Kier alpha value is -3.61. The highest BCUT2D eigenvalue weighted by Gasteiger charge is 2.18. The van der Waals surface area contributed by atoms with Crippen molar-refractivity contribution in [3.05, 3.63) is 53.9 Å². The Morgan fingerprint density at radius 2 is 1.72 bits per heavy atom. The molecule has 0 saturated carbocycles. The number of para-hydroxylation sites is 1. The van der Waals surface area contributed by atoms with Crippen LogP contribution in [0.5, 0.6) is 0 Å². The van der Waals surface area contributed by atoms with Crippen molar-refractivity contribution in [2.75, 3.05) is 13.1 Å². The zero-order valence-corrected chi connectivity index (χ0v) is 19.1. The van der Waals surface area contributed by atoms with E-state index in [0.29, 0.717) is 5.69 Å². The number of aromatic nitrogens is 2. The molecule has 4 rings (SSSR count). The summed E-state index contributed by atoms with van der Waals surface area (Å²) in [5, 5.41) is 9.53. The summed E-state index contributed by atoms with van der Waals surface area (Å²) in [7, 11) is 2.07. The predicted octanol–water partition coefficient (Wildman–Crippen LogP) is 4.44. The molecule has 0 fully saturated rings. The molecule has 7 nitrogen and oxygen atoms in total. The number of pyridine rings is 1. The van der Waals surface area contributed by atoms with Gasteiger partial charge in [0.2, 0.25) is 0 Å². The van der Waals surface area contributed by atoms with Gasteiger partial charge in [-0.05, 0) is 56.8 Å². The summed E-state index contributed by atoms with van der Waals surface area (Å²) in [6.45, 7) is 8.01. The second-order valence-electron chi connectivity index (χ2n) is 8.91. The summed E-state index contributed by atoms with van der Waals surface area (Å²) >= 11 is 0. The minimum Gasteiger partial charge on any atom is -0.444 e. The van der Waals surface area contributed by atoms with Crippen LogP contribution in [0.2, 0.25) is 0 Å². The summed E-state index contributed by atoms with van der Waals surface area (Å²) in [4.78, 5) is 29.1. The first-order valence-electron chi connectivity index (χ1n) is 10.7. The van der Waals surface area contributed by atoms with E-state index in [0.717, 1.165) is 38.1 Å². The maximum atomic E-state index is 12.9. The highest BCUT2D eigenvalue weighted by molar-refractivity contribution is 6.17. The fourth-order valence-corrected chi connectivity index (χ4v) is 4.16. The Labute approximate surface area is 186 Å². The minimum atomic E-state index is -0.564. The standard InChI is InChI=1S/C25H28N4O3/c1-15-16-10-11-26-21(23(30)27-12-13-28-24(31)32-25(2,3)4)18(16)14-19-17-8-6-7-9-20(17)29(5)22(15)19/h6-11,14H,12-13H2,1-5H3,(H,27,30)(H,28,31). The number of carbonyl (C=O) groups excluding carboxylic acids is 2. The van der Waals surface area contributed by atoms with Gasteiger partial charge in [-0.1, -0.05) is 18.2 Å². The minimum absolute atomic E-state index is 0.262. The van der Waals surface area contributed by atoms with E-state index < -0.39 is 11.7 Å². The van der Waals surface area contributed by atoms with Gasteiger partial charge in [-0.2, -0.15) is 0 Å². The van der Waals surface area contributed by atoms with Gasteiger partial charge in [0.15, 0.2) is 0 Å². The van der Waals surface area contributed by atoms with E-state index in [9.17, 15) is 9.59 Å². The van der Waals surface area contributed by atoms with Crippen molar-refractivity contribution in [1.29, 1.82) is 0 Å². The number of hydrogen-bond donors (Lipinski definition) is 2. The summed E-state index contributed by atoms with van der Waals surface area (Å²) in [6, 6.07) is 12.3. The molecule has 7 heteroatoms. The molecule has 2 N–H and O–H groups in total. The number of aryl methyl sites for hydroxylation is 2. The Kier molecular flexibility index (Phi) is 5.50. The van der Waals surface area contributed by atoms with Crippen molar-refractivity contribution in [3.63, 3.8) is 0 Å². The van der Waals surface area contributed by atoms with Crippen molar-refractivity contribution in [2.45, 2.75) is 33.3 Å². The quantitative estimate of drug-likeness (QED) is 0.467. The smallest absolute Gasteiger partial charge is 0.407 e. The molecule has 0 aliphatic carbocycles. The van der Waals surface area contributed by atoms with E-state index in [1.807, 2.05) is 18.2 Å². The normalized spacial score (nSPS) is 11.8. The van der Waals surface area contributed by atoms with Crippen LogP contribution in [0.1, 0.15) is 36.8 Å². The second-order valence-corrected chi connectivity index (χ2v) is 8.91. The lowest BCUT2D eigenvalue weighted by molar-refractivity contribution is 0.0526. The van der Waals surface area contributed by atoms with Gasteiger partial charge in [0.05, 0.1) is 5.52 Å². The van der Waals surface area contributed by atoms with Crippen LogP contribution in [0, 0.1) is 6.92 Å². The number of fused-ring (bicyclic) bond motifs is 4. The van der Waals surface area contributed by atoms with Crippen LogP contribution in [0.15, 0.2) is 42.6 Å². The third-order valence-electron chi connectivity index (χ3n) is 5.48. The molecular formula is C25H28N4O3. The van der Waals surface area contributed by atoms with Crippen LogP contribution in [-0.4, -0.2) is 40.2 Å². The van der Waals surface area contributed by atoms with Crippen molar-refractivity contribution < 1.29 is 14.3 Å². The monoisotopic (exact) mass is 432 g/mol. The largest absolute Gasteiger partial charge is 0.444 e. The van der Waals surface area contributed by atoms with E-state index in [1.54, 1.807) is 27.0 Å². The molecule has 0 atom stereocenters. The van der Waals surface area contributed by atoms with Gasteiger partial charge in [0, 0.05) is 48.0 Å². The molecule has 0 bridgehead atoms. The molecule has 2 aromatic heterocycles. The highest BCUT2D eigenvalue weighted by Crippen LogP contribution is 2.35. The summed E-state index contributed by atoms with van der Waals surface area (Å²) in [5.41, 5.74) is 3.22. The first kappa shape index (κ1) is 21.6. The third kappa shape index (κ3) is 3.98. The molecule has 0 aliphatic rings. The molecule has 0 radical (unpaired) electrons. The molecule has 2 heterocycles. The zero-order chi connectivity index (χ0) is 23.0. The predicted molar refractivity (Wildman–Crippen MR) is 127 cm³/mol. The van der Waals surface area contributed by atoms with Crippen LogP contribution in [0.3, 0.4) is 0 Å². The van der Waals surface area contributed by atoms with Crippen molar-refractivity contribution in [1.82, 2.24) is 20.2 Å². The van der Waals surface area contributed by atoms with Crippen LogP contribution < -0.4 is 10.6 Å². The number of nitrogens with one attached hydrogen (secondary N) is 2. The van der Waals surface area contributed by atoms with Crippen LogP contribution in [0.25, 0.3) is 32.6 Å². The summed E-state index contributed by atoms with van der Waals surface area (Å²) in [6.07, 6.45) is 1.15. The van der Waals surface area contributed by atoms with Gasteiger partial charge in [-0.15, -0.1) is 0 Å². The first-order chi connectivity index (χ1) is 15.2. The molecule has 2 amide bonds. The second kappa shape index (κ2) is 8.15. The van der Waals surface area contributed by atoms with Gasteiger partial charge in [0.25, 0.3) is 5.91 Å². The number of rotatable bonds is 4. The number of hydrogen-bond acceptors (Lipinski definition) is 4. The number of benzene rings is 2. The van der Waals surface area contributed by atoms with Crippen LogP contribution >= 0.6 is 0 Å². The number of nitrogens with zero attached hydrogens (tertiary/aromatic N) is 2. The lowest BCUT2D eigenvalue weighted by Crippen LogP contribution is -2.38. The van der Waals surface area contributed by atoms with Crippen molar-refractivity contribution in [2.24, 2.45) is 7.05 Å². The van der Waals surface area contributed by atoms with Crippen molar-refractivity contribution >= 4 is 44.6 Å². The molecule has 0 saturated heterocycles. The van der Waals surface area contributed by atoms with Crippen LogP contribution in [0.4, 0.5) is 4.79 Å². The topological polar surface area (TPSA) is 85.2 Å². The van der Waals surface area contributed by atoms with E-state index in [2.05, 4.69) is 52.4 Å². The van der Waals surface area contributed by atoms with Gasteiger partial charge < -0.3 is 19.9 Å². The maximum Gasteiger partial charge on any atom is 0.407 e. The average Bonchev–Trinajstić information content (AvgIpc) is 3.02. The lowest BCUT2D eigenvalue weighted by atomic mass is 10.00. The molecule has 4 aromatic rings. The van der Waals surface area contributed by atoms with Gasteiger partial charge in [-0.3, -0.25) is 9.78 Å². The number of carbonyl (C=O) groups is 2. The number of amides is 2. The number of ether oxygens (including phenoxy) is 1. The van der Waals surface area contributed by atoms with Crippen LogP contribution in [-0.2, 0) is 11.8 Å². The van der Waals surface area contributed by atoms with Crippen molar-refractivity contribution in [3.8, 4) is 0 Å². The van der Waals surface area contributed by atoms with Gasteiger partial charge in [-0.25, -0.2) is 4.79 Å². The molecule has 166 valence electrons. The van der Waals surface area contributed by atoms with E-state index in [4.69, 9.17) is 4.74 Å². The third-order valence-corrected chi connectivity index (χ3v) is 5.48. The molecule has 32 heavy (non-hydrogen) atoms. The SMILES string of the molecule is Cc1c2ccnc(C(=O)NCCNC(=O)OC(C)(C)C)c2cc2c3ccccc3n(C)c12. The Balaban J connectivity index is 1.61. The van der Waals surface area contributed by atoms with E-state index in [-0.39, 0.29) is 19.0 Å². The average molecular weight is 433 g/mol. The fourth-order valence-electron chi connectivity index (χ4n) is 4.16. The van der Waals surface area contributed by atoms with E-state index in [1.165, 1.54) is 0 Å². The molecule has 2 aromatic carbocycles. The molecule has 0 aliphatic heterocycles. The first-order valence-corrected chi connectivity index (χ1v) is 10.7. The van der Waals surface area contributed by atoms with Gasteiger partial charge in [0.1, 0.15) is 11.3 Å². The zero-order valence-electron chi connectivity index (χ0n) is 19.1. The fraction of sp³-hybridized carbons (Fsp3) is 0.320. The highest BCUT2D eigenvalue weighted by atomic mass is 16.6. The number of alkyl carbamates (subject to hydrolysis) is 1. The summed E-state index contributed by atoms with van der Waals surface area (Å²) in [5.74, 6) is -0.277. The van der Waals surface area contributed by atoms with E-state index >= 15 is 0 Å². The Morgan fingerprint density at radius 1 is 1.00 bits per heavy atom. The molecule has 0 spiro atoms. The van der Waals surface area contributed by atoms with Gasteiger partial charge >= 0.3 is 6.09 Å². The summed E-state index contributed by atoms with van der Waals surface area (Å²) < 4.78 is 7.40. The molecular weight excluding hydrogens is 404 g/mol. The maximum absolute atomic E-state index is 12.9.